The van der Waals surface area contributed by atoms with E-state index in [1.54, 1.807) is 6.20 Å². The molecule has 6 nitrogen and oxygen atoms in total. The van der Waals surface area contributed by atoms with Crippen LogP contribution in [0.3, 0.4) is 0 Å². The number of nitrogens with zero attached hydrogens (tertiary/aromatic N) is 5. The van der Waals surface area contributed by atoms with E-state index in [9.17, 15) is 4.79 Å². The average Bonchev–Trinajstić information content (AvgIpc) is 3.16. The monoisotopic (exact) mass is 371 g/mol. The van der Waals surface area contributed by atoms with Gasteiger partial charge < -0.3 is 4.90 Å². The molecule has 4 rings (SSSR count). The van der Waals surface area contributed by atoms with Gasteiger partial charge in [0.1, 0.15) is 0 Å². The summed E-state index contributed by atoms with van der Waals surface area (Å²) in [5.41, 5.74) is 2.65. The molecule has 2 aromatic carbocycles. The van der Waals surface area contributed by atoms with E-state index in [4.69, 9.17) is 0 Å². The Kier molecular flexibility index (Phi) is 4.85. The summed E-state index contributed by atoms with van der Waals surface area (Å²) in [5, 5.41) is 8.29. The second-order valence-corrected chi connectivity index (χ2v) is 6.90. The van der Waals surface area contributed by atoms with E-state index in [1.165, 1.54) is 0 Å². The number of benzene rings is 2. The molecular formula is C22H21N5O. The third-order valence-electron chi connectivity index (χ3n) is 4.66. The summed E-state index contributed by atoms with van der Waals surface area (Å²) in [5.74, 6) is 1.26. The number of fused-ring (bicyclic) bond motifs is 1. The Hall–Kier alpha value is -3.54. The fraction of sp³-hybridized carbons (Fsp3) is 0.182. The smallest absolute Gasteiger partial charge is 0.255 e. The van der Waals surface area contributed by atoms with Crippen molar-refractivity contribution >= 4 is 11.7 Å². The van der Waals surface area contributed by atoms with Crippen LogP contribution in [-0.4, -0.2) is 36.4 Å². The highest BCUT2D eigenvalue weighted by atomic mass is 16.2. The maximum Gasteiger partial charge on any atom is 0.255 e. The van der Waals surface area contributed by atoms with Gasteiger partial charge in [0, 0.05) is 36.1 Å². The molecule has 0 aliphatic heterocycles. The van der Waals surface area contributed by atoms with Crippen molar-refractivity contribution in [1.82, 2.24) is 24.5 Å². The Bertz CT molecular complexity index is 1090. The number of aromatic nitrogens is 4. The van der Waals surface area contributed by atoms with Crippen molar-refractivity contribution in [2.45, 2.75) is 26.4 Å². The molecular weight excluding hydrogens is 350 g/mol. The predicted molar refractivity (Wildman–Crippen MR) is 108 cm³/mol. The quantitative estimate of drug-likeness (QED) is 0.535. The van der Waals surface area contributed by atoms with Gasteiger partial charge in [0.2, 0.25) is 0 Å². The Labute approximate surface area is 163 Å². The summed E-state index contributed by atoms with van der Waals surface area (Å²) in [6.45, 7) is 4.65. The highest BCUT2D eigenvalue weighted by Crippen LogP contribution is 2.20. The molecule has 28 heavy (non-hydrogen) atoms. The van der Waals surface area contributed by atoms with E-state index in [2.05, 4.69) is 15.2 Å². The summed E-state index contributed by atoms with van der Waals surface area (Å²) in [6, 6.07) is 19.5. The third-order valence-corrected chi connectivity index (χ3v) is 4.66. The van der Waals surface area contributed by atoms with Crippen molar-refractivity contribution < 1.29 is 4.79 Å². The molecule has 0 fully saturated rings. The van der Waals surface area contributed by atoms with Crippen LogP contribution in [-0.2, 0) is 6.54 Å². The van der Waals surface area contributed by atoms with Gasteiger partial charge in [0.05, 0.1) is 0 Å². The maximum absolute atomic E-state index is 13.1. The van der Waals surface area contributed by atoms with Gasteiger partial charge in [-0.2, -0.15) is 0 Å². The summed E-state index contributed by atoms with van der Waals surface area (Å²) < 4.78 is 1.83. The Morgan fingerprint density at radius 3 is 2.46 bits per heavy atom. The summed E-state index contributed by atoms with van der Waals surface area (Å²) in [7, 11) is 0. The summed E-state index contributed by atoms with van der Waals surface area (Å²) >= 11 is 0. The zero-order chi connectivity index (χ0) is 19.5. The van der Waals surface area contributed by atoms with Crippen LogP contribution >= 0.6 is 0 Å². The van der Waals surface area contributed by atoms with E-state index in [0.29, 0.717) is 23.7 Å². The number of carbonyl (C=O) groups is 1. The van der Waals surface area contributed by atoms with Crippen LogP contribution in [0.2, 0.25) is 0 Å². The molecule has 0 N–H and O–H groups in total. The number of rotatable bonds is 5. The Balaban J connectivity index is 1.59. The average molecular weight is 371 g/mol. The molecule has 0 saturated heterocycles. The minimum absolute atomic E-state index is 0.0122. The van der Waals surface area contributed by atoms with Gasteiger partial charge in [0.25, 0.3) is 11.7 Å². The van der Waals surface area contributed by atoms with Crippen LogP contribution in [0.25, 0.3) is 17.2 Å². The fourth-order valence-electron chi connectivity index (χ4n) is 3.14. The van der Waals surface area contributed by atoms with Crippen LogP contribution < -0.4 is 0 Å². The largest absolute Gasteiger partial charge is 0.332 e. The van der Waals surface area contributed by atoms with Gasteiger partial charge in [0.15, 0.2) is 5.82 Å². The Morgan fingerprint density at radius 1 is 1.00 bits per heavy atom. The molecule has 0 unspecified atom stereocenters. The molecule has 2 aromatic heterocycles. The third kappa shape index (κ3) is 3.49. The van der Waals surface area contributed by atoms with E-state index in [1.807, 2.05) is 90.0 Å². The molecule has 6 heteroatoms. The van der Waals surface area contributed by atoms with Gasteiger partial charge >= 0.3 is 0 Å². The Morgan fingerprint density at radius 2 is 1.75 bits per heavy atom. The lowest BCUT2D eigenvalue weighted by atomic mass is 10.1. The first-order valence-corrected chi connectivity index (χ1v) is 9.24. The molecule has 140 valence electrons. The topological polar surface area (TPSA) is 63.4 Å². The molecule has 1 amide bonds. The van der Waals surface area contributed by atoms with Gasteiger partial charge in [-0.1, -0.05) is 42.5 Å². The second kappa shape index (κ2) is 7.60. The van der Waals surface area contributed by atoms with Crippen molar-refractivity contribution in [3.63, 3.8) is 0 Å². The SMILES string of the molecule is CC(C)N(Cc1ccccc1)C(=O)c1ccc(-c2nnc3ncccn23)cc1. The lowest BCUT2D eigenvalue weighted by Crippen LogP contribution is -2.36. The van der Waals surface area contributed by atoms with Crippen LogP contribution in [0.4, 0.5) is 0 Å². The van der Waals surface area contributed by atoms with Gasteiger partial charge in [-0.05, 0) is 37.6 Å². The van der Waals surface area contributed by atoms with E-state index in [0.717, 1.165) is 11.1 Å². The zero-order valence-corrected chi connectivity index (χ0v) is 15.9. The standard InChI is InChI=1S/C22H21N5O/c1-16(2)27(15-17-7-4-3-5-8-17)21(28)19-11-9-18(10-12-19)20-24-25-22-23-13-6-14-26(20)22/h3-14,16H,15H2,1-2H3. The maximum atomic E-state index is 13.1. The van der Waals surface area contributed by atoms with E-state index in [-0.39, 0.29) is 11.9 Å². The number of hydrogen-bond acceptors (Lipinski definition) is 4. The molecule has 4 aromatic rings. The van der Waals surface area contributed by atoms with Crippen molar-refractivity contribution in [2.75, 3.05) is 0 Å². The van der Waals surface area contributed by atoms with E-state index >= 15 is 0 Å². The fourth-order valence-corrected chi connectivity index (χ4v) is 3.14. The summed E-state index contributed by atoms with van der Waals surface area (Å²) in [6.07, 6.45) is 3.56. The first-order valence-electron chi connectivity index (χ1n) is 9.24. The first kappa shape index (κ1) is 17.9. The lowest BCUT2D eigenvalue weighted by molar-refractivity contribution is 0.0690. The molecule has 0 spiro atoms. The highest BCUT2D eigenvalue weighted by molar-refractivity contribution is 5.94. The normalized spacial score (nSPS) is 11.1. The lowest BCUT2D eigenvalue weighted by Gasteiger charge is -2.27. The van der Waals surface area contributed by atoms with Crippen molar-refractivity contribution in [3.8, 4) is 11.4 Å². The number of amides is 1. The molecule has 0 aliphatic rings. The van der Waals surface area contributed by atoms with Gasteiger partial charge in [-0.15, -0.1) is 10.2 Å². The van der Waals surface area contributed by atoms with Crippen LogP contribution in [0.5, 0.6) is 0 Å². The zero-order valence-electron chi connectivity index (χ0n) is 15.9. The number of carbonyl (C=O) groups excluding carboxylic acids is 1. The van der Waals surface area contributed by atoms with Crippen molar-refractivity contribution in [1.29, 1.82) is 0 Å². The summed E-state index contributed by atoms with van der Waals surface area (Å²) in [4.78, 5) is 19.1. The van der Waals surface area contributed by atoms with Gasteiger partial charge in [-0.25, -0.2) is 4.98 Å². The van der Waals surface area contributed by atoms with Crippen molar-refractivity contribution in [2.24, 2.45) is 0 Å². The molecule has 0 saturated carbocycles. The second-order valence-electron chi connectivity index (χ2n) is 6.90. The van der Waals surface area contributed by atoms with Gasteiger partial charge in [-0.3, -0.25) is 9.20 Å². The van der Waals surface area contributed by atoms with Crippen LogP contribution in [0, 0.1) is 0 Å². The molecule has 0 atom stereocenters. The predicted octanol–water partition coefficient (Wildman–Crippen LogP) is 3.84. The highest BCUT2D eigenvalue weighted by Gasteiger charge is 2.19. The van der Waals surface area contributed by atoms with Crippen LogP contribution in [0.15, 0.2) is 73.1 Å². The number of hydrogen-bond donors (Lipinski definition) is 0. The molecule has 0 radical (unpaired) electrons. The van der Waals surface area contributed by atoms with Crippen molar-refractivity contribution in [3.05, 3.63) is 84.2 Å². The van der Waals surface area contributed by atoms with Crippen LogP contribution in [0.1, 0.15) is 29.8 Å². The minimum atomic E-state index is 0.0122. The van der Waals surface area contributed by atoms with E-state index < -0.39 is 0 Å². The molecule has 0 bridgehead atoms. The first-order chi connectivity index (χ1) is 13.6. The minimum Gasteiger partial charge on any atom is -0.332 e. The molecule has 0 aliphatic carbocycles. The molecule has 2 heterocycles.